The van der Waals surface area contributed by atoms with Crippen LogP contribution in [0.15, 0.2) is 30.6 Å². The predicted molar refractivity (Wildman–Crippen MR) is 96.1 cm³/mol. The van der Waals surface area contributed by atoms with Crippen LogP contribution in [-0.4, -0.2) is 20.3 Å². The van der Waals surface area contributed by atoms with Gasteiger partial charge in [0, 0.05) is 17.1 Å². The Balaban J connectivity index is 1.49. The van der Waals surface area contributed by atoms with Gasteiger partial charge in [0.15, 0.2) is 11.3 Å². The number of carbonyl (C=O) groups excluding carboxylic acids is 1. The highest BCUT2D eigenvalue weighted by molar-refractivity contribution is 6.06. The number of rotatable bonds is 3. The summed E-state index contributed by atoms with van der Waals surface area (Å²) < 4.78 is 1.97. The topological polar surface area (TPSA) is 59.3 Å². The zero-order chi connectivity index (χ0) is 17.0. The molecule has 1 amide bonds. The predicted octanol–water partition coefficient (Wildman–Crippen LogP) is 3.66. The monoisotopic (exact) mass is 332 g/mol. The van der Waals surface area contributed by atoms with E-state index in [1.165, 1.54) is 36.1 Å². The highest BCUT2D eigenvalue weighted by atomic mass is 16.1. The number of aryl methyl sites for hydroxylation is 3. The number of carbonyl (C=O) groups is 1. The zero-order valence-corrected chi connectivity index (χ0v) is 14.2. The van der Waals surface area contributed by atoms with Gasteiger partial charge < -0.3 is 5.32 Å². The molecule has 0 saturated heterocycles. The summed E-state index contributed by atoms with van der Waals surface area (Å²) in [7, 11) is 0. The van der Waals surface area contributed by atoms with Gasteiger partial charge in [0.25, 0.3) is 5.91 Å². The molecule has 1 saturated carbocycles. The fourth-order valence-corrected chi connectivity index (χ4v) is 3.81. The second kappa shape index (κ2) is 5.41. The molecule has 5 rings (SSSR count). The molecule has 3 aromatic rings. The van der Waals surface area contributed by atoms with E-state index in [4.69, 9.17) is 0 Å². The minimum Gasteiger partial charge on any atom is -0.321 e. The SMILES string of the molecule is Cc1cc(C2CC2)n2cnc(C(=O)Nc3ccc4c(c3)CCC4)c2n1. The lowest BCUT2D eigenvalue weighted by atomic mass is 10.1. The van der Waals surface area contributed by atoms with Crippen LogP contribution in [0.1, 0.15) is 58.2 Å². The van der Waals surface area contributed by atoms with E-state index in [0.29, 0.717) is 17.3 Å². The van der Waals surface area contributed by atoms with Gasteiger partial charge >= 0.3 is 0 Å². The fourth-order valence-electron chi connectivity index (χ4n) is 3.81. The van der Waals surface area contributed by atoms with E-state index in [0.717, 1.165) is 24.2 Å². The van der Waals surface area contributed by atoms with E-state index in [9.17, 15) is 4.79 Å². The van der Waals surface area contributed by atoms with Crippen LogP contribution in [0.3, 0.4) is 0 Å². The van der Waals surface area contributed by atoms with E-state index < -0.39 is 0 Å². The average molecular weight is 332 g/mol. The molecule has 0 unspecified atom stereocenters. The van der Waals surface area contributed by atoms with Crippen LogP contribution in [0.25, 0.3) is 5.65 Å². The third-order valence-corrected chi connectivity index (χ3v) is 5.23. The second-order valence-electron chi connectivity index (χ2n) is 7.17. The number of nitrogens with zero attached hydrogens (tertiary/aromatic N) is 3. The van der Waals surface area contributed by atoms with Crippen molar-refractivity contribution in [2.45, 2.75) is 44.9 Å². The molecule has 25 heavy (non-hydrogen) atoms. The van der Waals surface area contributed by atoms with Gasteiger partial charge in [0.05, 0.1) is 0 Å². The van der Waals surface area contributed by atoms with Crippen molar-refractivity contribution in [2.75, 3.05) is 5.32 Å². The van der Waals surface area contributed by atoms with E-state index in [1.807, 2.05) is 17.4 Å². The molecule has 1 fully saturated rings. The fraction of sp³-hybridized carbons (Fsp3) is 0.350. The van der Waals surface area contributed by atoms with Gasteiger partial charge in [-0.2, -0.15) is 0 Å². The lowest BCUT2D eigenvalue weighted by molar-refractivity contribution is 0.102. The largest absolute Gasteiger partial charge is 0.321 e. The first kappa shape index (κ1) is 14.6. The normalized spacial score (nSPS) is 16.2. The number of hydrogen-bond acceptors (Lipinski definition) is 3. The maximum Gasteiger partial charge on any atom is 0.278 e. The summed E-state index contributed by atoms with van der Waals surface area (Å²) in [5, 5.41) is 3.00. The lowest BCUT2D eigenvalue weighted by Gasteiger charge is -2.08. The number of imidazole rings is 1. The summed E-state index contributed by atoms with van der Waals surface area (Å²) in [5.41, 5.74) is 6.77. The quantitative estimate of drug-likeness (QED) is 0.796. The molecule has 0 spiro atoms. The van der Waals surface area contributed by atoms with Crippen molar-refractivity contribution >= 4 is 17.2 Å². The van der Waals surface area contributed by atoms with Crippen LogP contribution < -0.4 is 5.32 Å². The Bertz CT molecular complexity index is 1000. The zero-order valence-electron chi connectivity index (χ0n) is 14.2. The van der Waals surface area contributed by atoms with E-state index in [2.05, 4.69) is 33.5 Å². The molecule has 0 bridgehead atoms. The molecule has 5 nitrogen and oxygen atoms in total. The van der Waals surface area contributed by atoms with Crippen LogP contribution in [-0.2, 0) is 12.8 Å². The third kappa shape index (κ3) is 2.51. The third-order valence-electron chi connectivity index (χ3n) is 5.23. The van der Waals surface area contributed by atoms with Gasteiger partial charge in [0.2, 0.25) is 0 Å². The lowest BCUT2D eigenvalue weighted by Crippen LogP contribution is -2.14. The maximum absolute atomic E-state index is 12.8. The number of amides is 1. The molecular weight excluding hydrogens is 312 g/mol. The van der Waals surface area contributed by atoms with Crippen LogP contribution in [0.2, 0.25) is 0 Å². The van der Waals surface area contributed by atoms with E-state index in [-0.39, 0.29) is 5.91 Å². The van der Waals surface area contributed by atoms with Gasteiger partial charge in [-0.15, -0.1) is 0 Å². The van der Waals surface area contributed by atoms with E-state index >= 15 is 0 Å². The first-order valence-corrected chi connectivity index (χ1v) is 8.97. The van der Waals surface area contributed by atoms with Crippen molar-refractivity contribution in [1.29, 1.82) is 0 Å². The van der Waals surface area contributed by atoms with Crippen molar-refractivity contribution in [3.63, 3.8) is 0 Å². The van der Waals surface area contributed by atoms with Crippen molar-refractivity contribution < 1.29 is 4.79 Å². The highest BCUT2D eigenvalue weighted by Gasteiger charge is 2.28. The summed E-state index contributed by atoms with van der Waals surface area (Å²) in [4.78, 5) is 21.7. The first-order chi connectivity index (χ1) is 12.2. The Morgan fingerprint density at radius 1 is 1.20 bits per heavy atom. The van der Waals surface area contributed by atoms with Crippen molar-refractivity contribution in [3.8, 4) is 0 Å². The highest BCUT2D eigenvalue weighted by Crippen LogP contribution is 2.40. The summed E-state index contributed by atoms with van der Waals surface area (Å²) in [6, 6.07) is 8.30. The van der Waals surface area contributed by atoms with E-state index in [1.54, 1.807) is 6.33 Å². The second-order valence-corrected chi connectivity index (χ2v) is 7.17. The van der Waals surface area contributed by atoms with Gasteiger partial charge in [-0.05, 0) is 74.3 Å². The van der Waals surface area contributed by atoms with Gasteiger partial charge in [-0.25, -0.2) is 9.97 Å². The summed E-state index contributed by atoms with van der Waals surface area (Å²) in [5.74, 6) is 0.381. The summed E-state index contributed by atoms with van der Waals surface area (Å²) in [6.07, 6.45) is 7.57. The van der Waals surface area contributed by atoms with Crippen LogP contribution in [0.4, 0.5) is 5.69 Å². The molecule has 0 atom stereocenters. The average Bonchev–Trinajstić information content (AvgIpc) is 3.18. The standard InChI is InChI=1S/C20H20N4O/c1-12-9-17(14-5-6-14)24-11-21-18(19(24)22-12)20(25)23-16-8-7-13-3-2-4-15(13)10-16/h7-11,14H,2-6H2,1H3,(H,23,25). The van der Waals surface area contributed by atoms with Crippen molar-refractivity contribution in [2.24, 2.45) is 0 Å². The molecule has 126 valence electrons. The summed E-state index contributed by atoms with van der Waals surface area (Å²) in [6.45, 7) is 1.97. The molecule has 2 heterocycles. The number of anilines is 1. The Morgan fingerprint density at radius 3 is 2.88 bits per heavy atom. The number of benzene rings is 1. The van der Waals surface area contributed by atoms with Gasteiger partial charge in [-0.3, -0.25) is 9.20 Å². The minimum absolute atomic E-state index is 0.194. The number of aromatic nitrogens is 3. The maximum atomic E-state index is 12.8. The van der Waals surface area contributed by atoms with Crippen LogP contribution in [0, 0.1) is 6.92 Å². The van der Waals surface area contributed by atoms with Crippen LogP contribution >= 0.6 is 0 Å². The first-order valence-electron chi connectivity index (χ1n) is 8.97. The molecule has 2 aliphatic rings. The summed E-state index contributed by atoms with van der Waals surface area (Å²) >= 11 is 0. The van der Waals surface area contributed by atoms with Crippen molar-refractivity contribution in [1.82, 2.24) is 14.4 Å². The smallest absolute Gasteiger partial charge is 0.278 e. The van der Waals surface area contributed by atoms with Crippen LogP contribution in [0.5, 0.6) is 0 Å². The Kier molecular flexibility index (Phi) is 3.17. The molecule has 2 aliphatic carbocycles. The molecule has 0 aliphatic heterocycles. The Hall–Kier alpha value is -2.69. The number of hydrogen-bond donors (Lipinski definition) is 1. The molecule has 1 N–H and O–H groups in total. The van der Waals surface area contributed by atoms with Crippen molar-refractivity contribution in [3.05, 3.63) is 58.8 Å². The molecule has 1 aromatic carbocycles. The minimum atomic E-state index is -0.194. The Morgan fingerprint density at radius 2 is 2.04 bits per heavy atom. The molecular formula is C20H20N4O. The number of fused-ring (bicyclic) bond motifs is 2. The Labute approximate surface area is 146 Å². The number of nitrogens with one attached hydrogen (secondary N) is 1. The molecule has 2 aromatic heterocycles. The molecule has 0 radical (unpaired) electrons. The molecule has 5 heteroatoms. The van der Waals surface area contributed by atoms with Gasteiger partial charge in [0.1, 0.15) is 6.33 Å². The van der Waals surface area contributed by atoms with Gasteiger partial charge in [-0.1, -0.05) is 6.07 Å².